The fourth-order valence-electron chi connectivity index (χ4n) is 1.08. The van der Waals surface area contributed by atoms with Crippen molar-refractivity contribution in [2.75, 3.05) is 5.73 Å². The van der Waals surface area contributed by atoms with Gasteiger partial charge in [-0.25, -0.2) is 4.98 Å². The molecule has 0 aliphatic heterocycles. The van der Waals surface area contributed by atoms with Gasteiger partial charge in [-0.15, -0.1) is 0 Å². The molecule has 1 heterocycles. The number of halogens is 2. The Morgan fingerprint density at radius 1 is 1.38 bits per heavy atom. The van der Waals surface area contributed by atoms with Crippen LogP contribution in [0.5, 0.6) is 11.6 Å². The quantitative estimate of drug-likeness (QED) is 0.924. The topological polar surface area (TPSA) is 61.0 Å². The third kappa shape index (κ3) is 2.62. The Hall–Kier alpha value is -1.33. The SMILES string of the molecule is Nc1ncc(Cl)c(Oc2cccc(Br)c2)n1. The van der Waals surface area contributed by atoms with Crippen LogP contribution in [0.2, 0.25) is 5.02 Å². The Balaban J connectivity index is 2.30. The van der Waals surface area contributed by atoms with E-state index in [0.717, 1.165) is 4.47 Å². The minimum absolute atomic E-state index is 0.120. The number of rotatable bonds is 2. The van der Waals surface area contributed by atoms with E-state index in [1.165, 1.54) is 6.20 Å². The molecular formula is C10H7BrClN3O. The van der Waals surface area contributed by atoms with Crippen molar-refractivity contribution in [2.24, 2.45) is 0 Å². The van der Waals surface area contributed by atoms with E-state index >= 15 is 0 Å². The summed E-state index contributed by atoms with van der Waals surface area (Å²) in [7, 11) is 0. The molecule has 4 nitrogen and oxygen atoms in total. The van der Waals surface area contributed by atoms with Crippen molar-refractivity contribution in [3.05, 3.63) is 40.0 Å². The maximum atomic E-state index is 5.87. The van der Waals surface area contributed by atoms with Crippen LogP contribution in [0.15, 0.2) is 34.9 Å². The largest absolute Gasteiger partial charge is 0.437 e. The smallest absolute Gasteiger partial charge is 0.243 e. The zero-order chi connectivity index (χ0) is 11.5. The maximum absolute atomic E-state index is 5.87. The first-order chi connectivity index (χ1) is 7.65. The summed E-state index contributed by atoms with van der Waals surface area (Å²) in [6, 6.07) is 7.33. The van der Waals surface area contributed by atoms with Crippen LogP contribution < -0.4 is 10.5 Å². The molecule has 1 aromatic carbocycles. The molecule has 0 radical (unpaired) electrons. The van der Waals surface area contributed by atoms with Crippen LogP contribution in [0, 0.1) is 0 Å². The van der Waals surface area contributed by atoms with Gasteiger partial charge in [0.05, 0.1) is 6.20 Å². The van der Waals surface area contributed by atoms with Gasteiger partial charge in [0.2, 0.25) is 11.8 Å². The number of nitrogens with two attached hydrogens (primary N) is 1. The van der Waals surface area contributed by atoms with Crippen LogP contribution in [0.4, 0.5) is 5.95 Å². The Labute approximate surface area is 106 Å². The van der Waals surface area contributed by atoms with Gasteiger partial charge in [0.15, 0.2) is 0 Å². The van der Waals surface area contributed by atoms with Crippen molar-refractivity contribution in [1.82, 2.24) is 9.97 Å². The molecule has 2 N–H and O–H groups in total. The van der Waals surface area contributed by atoms with E-state index < -0.39 is 0 Å². The zero-order valence-corrected chi connectivity index (χ0v) is 10.4. The predicted octanol–water partition coefficient (Wildman–Crippen LogP) is 3.27. The van der Waals surface area contributed by atoms with E-state index in [2.05, 4.69) is 25.9 Å². The van der Waals surface area contributed by atoms with Gasteiger partial charge in [-0.3, -0.25) is 0 Å². The second kappa shape index (κ2) is 4.67. The normalized spacial score (nSPS) is 10.1. The Kier molecular flexibility index (Phi) is 3.26. The van der Waals surface area contributed by atoms with Gasteiger partial charge in [0.1, 0.15) is 10.8 Å². The third-order valence-corrected chi connectivity index (χ3v) is 2.49. The van der Waals surface area contributed by atoms with E-state index in [1.807, 2.05) is 12.1 Å². The molecule has 0 bridgehead atoms. The average molecular weight is 301 g/mol. The van der Waals surface area contributed by atoms with E-state index in [-0.39, 0.29) is 11.8 Å². The maximum Gasteiger partial charge on any atom is 0.243 e. The molecule has 1 aromatic heterocycles. The lowest BCUT2D eigenvalue weighted by atomic mass is 10.3. The molecular weight excluding hydrogens is 293 g/mol. The molecule has 0 aliphatic carbocycles. The molecule has 6 heteroatoms. The molecule has 2 aromatic rings. The summed E-state index contributed by atoms with van der Waals surface area (Å²) in [5.74, 6) is 0.982. The number of benzene rings is 1. The highest BCUT2D eigenvalue weighted by Gasteiger charge is 2.06. The number of hydrogen-bond donors (Lipinski definition) is 1. The Bertz CT molecular complexity index is 521. The van der Waals surface area contributed by atoms with Gasteiger partial charge in [0.25, 0.3) is 0 Å². The van der Waals surface area contributed by atoms with E-state index in [4.69, 9.17) is 22.1 Å². The van der Waals surface area contributed by atoms with Gasteiger partial charge in [-0.1, -0.05) is 33.6 Å². The summed E-state index contributed by atoms with van der Waals surface area (Å²) >= 11 is 9.21. The summed E-state index contributed by atoms with van der Waals surface area (Å²) < 4.78 is 6.38. The summed E-state index contributed by atoms with van der Waals surface area (Å²) in [5, 5.41) is 0.314. The molecule has 82 valence electrons. The highest BCUT2D eigenvalue weighted by molar-refractivity contribution is 9.10. The average Bonchev–Trinajstić information content (AvgIpc) is 2.24. The molecule has 0 aliphatic rings. The van der Waals surface area contributed by atoms with Crippen molar-refractivity contribution in [3.63, 3.8) is 0 Å². The third-order valence-electron chi connectivity index (χ3n) is 1.74. The second-order valence-electron chi connectivity index (χ2n) is 2.94. The van der Waals surface area contributed by atoms with Crippen LogP contribution >= 0.6 is 27.5 Å². The van der Waals surface area contributed by atoms with Crippen LogP contribution in [0.3, 0.4) is 0 Å². The highest BCUT2D eigenvalue weighted by Crippen LogP contribution is 2.28. The Morgan fingerprint density at radius 3 is 2.94 bits per heavy atom. The monoisotopic (exact) mass is 299 g/mol. The van der Waals surface area contributed by atoms with Gasteiger partial charge in [0, 0.05) is 4.47 Å². The minimum Gasteiger partial charge on any atom is -0.437 e. The lowest BCUT2D eigenvalue weighted by Gasteiger charge is -2.06. The first kappa shape index (κ1) is 11.2. The van der Waals surface area contributed by atoms with Gasteiger partial charge in [-0.05, 0) is 18.2 Å². The first-order valence-electron chi connectivity index (χ1n) is 4.36. The van der Waals surface area contributed by atoms with Crippen LogP contribution in [-0.4, -0.2) is 9.97 Å². The van der Waals surface area contributed by atoms with Gasteiger partial charge < -0.3 is 10.5 Å². The van der Waals surface area contributed by atoms with E-state index in [1.54, 1.807) is 12.1 Å². The summed E-state index contributed by atoms with van der Waals surface area (Å²) in [6.07, 6.45) is 1.40. The molecule has 0 unspecified atom stereocenters. The lowest BCUT2D eigenvalue weighted by Crippen LogP contribution is -1.97. The second-order valence-corrected chi connectivity index (χ2v) is 4.26. The van der Waals surface area contributed by atoms with E-state index in [9.17, 15) is 0 Å². The fourth-order valence-corrected chi connectivity index (χ4v) is 1.59. The zero-order valence-electron chi connectivity index (χ0n) is 8.02. The predicted molar refractivity (Wildman–Crippen MR) is 65.7 cm³/mol. The summed E-state index contributed by atoms with van der Waals surface area (Å²) in [4.78, 5) is 7.64. The fraction of sp³-hybridized carbons (Fsp3) is 0. The van der Waals surface area contributed by atoms with E-state index in [0.29, 0.717) is 10.8 Å². The number of anilines is 1. The first-order valence-corrected chi connectivity index (χ1v) is 5.53. The van der Waals surface area contributed by atoms with Gasteiger partial charge in [-0.2, -0.15) is 4.98 Å². The molecule has 0 atom stereocenters. The number of hydrogen-bond acceptors (Lipinski definition) is 4. The van der Waals surface area contributed by atoms with Crippen molar-refractivity contribution < 1.29 is 4.74 Å². The number of nitrogens with zero attached hydrogens (tertiary/aromatic N) is 2. The van der Waals surface area contributed by atoms with Crippen LogP contribution in [-0.2, 0) is 0 Å². The molecule has 2 rings (SSSR count). The number of aromatic nitrogens is 2. The molecule has 0 saturated carbocycles. The van der Waals surface area contributed by atoms with Crippen molar-refractivity contribution in [3.8, 4) is 11.6 Å². The molecule has 0 amide bonds. The molecule has 0 spiro atoms. The highest BCUT2D eigenvalue weighted by atomic mass is 79.9. The minimum atomic E-state index is 0.120. The van der Waals surface area contributed by atoms with Crippen LogP contribution in [0.1, 0.15) is 0 Å². The number of nitrogen functional groups attached to an aromatic ring is 1. The summed E-state index contributed by atoms with van der Waals surface area (Å²) in [5.41, 5.74) is 5.44. The number of ether oxygens (including phenoxy) is 1. The molecule has 16 heavy (non-hydrogen) atoms. The van der Waals surface area contributed by atoms with Crippen molar-refractivity contribution in [1.29, 1.82) is 0 Å². The van der Waals surface area contributed by atoms with Crippen molar-refractivity contribution >= 4 is 33.5 Å². The molecule has 0 saturated heterocycles. The standard InChI is InChI=1S/C10H7BrClN3O/c11-6-2-1-3-7(4-6)16-9-8(12)5-14-10(13)15-9/h1-5H,(H2,13,14,15). The summed E-state index contributed by atoms with van der Waals surface area (Å²) in [6.45, 7) is 0. The van der Waals surface area contributed by atoms with Crippen LogP contribution in [0.25, 0.3) is 0 Å². The van der Waals surface area contributed by atoms with Gasteiger partial charge >= 0.3 is 0 Å². The lowest BCUT2D eigenvalue weighted by molar-refractivity contribution is 0.462. The molecule has 0 fully saturated rings. The van der Waals surface area contributed by atoms with Crippen molar-refractivity contribution in [2.45, 2.75) is 0 Å². The Morgan fingerprint density at radius 2 is 2.19 bits per heavy atom.